The van der Waals surface area contributed by atoms with E-state index in [1.165, 1.54) is 0 Å². The van der Waals surface area contributed by atoms with Gasteiger partial charge in [-0.3, -0.25) is 0 Å². The van der Waals surface area contributed by atoms with Gasteiger partial charge in [-0.15, -0.1) is 0 Å². The van der Waals surface area contributed by atoms with Crippen LogP contribution >= 0.6 is 0 Å². The smallest absolute Gasteiger partial charge is 0.170 e. The van der Waals surface area contributed by atoms with Gasteiger partial charge < -0.3 is 21.0 Å². The Kier molecular flexibility index (Phi) is 3.84. The lowest BCUT2D eigenvalue weighted by atomic mass is 10.0. The lowest BCUT2D eigenvalue weighted by Crippen LogP contribution is -2.42. The first kappa shape index (κ1) is 12.9. The molecule has 0 amide bonds. The molecule has 1 aromatic carbocycles. The van der Waals surface area contributed by atoms with E-state index >= 15 is 0 Å². The number of nitrogens with two attached hydrogens (primary N) is 1. The molecule has 1 saturated heterocycles. The van der Waals surface area contributed by atoms with Crippen LogP contribution in [0.15, 0.2) is 29.4 Å². The lowest BCUT2D eigenvalue weighted by Gasteiger charge is -2.23. The van der Waals surface area contributed by atoms with Crippen LogP contribution in [0.25, 0.3) is 0 Å². The molecule has 1 aliphatic rings. The summed E-state index contributed by atoms with van der Waals surface area (Å²) in [4.78, 5) is 0. The van der Waals surface area contributed by atoms with Crippen LogP contribution in [-0.4, -0.2) is 29.8 Å². The standard InChI is InChI=1S/C13H19N3O2/c1-13(5-6-18-9-13)15-8-10-3-2-4-11(7-10)12(14)16-17/h2-4,7,15,17H,5-6,8-9H2,1H3,(H2,14,16). The SMILES string of the molecule is CC1(NCc2cccc(/C(N)=N/O)c2)CCOC1. The van der Waals surface area contributed by atoms with Crippen LogP contribution in [0.1, 0.15) is 24.5 Å². The minimum absolute atomic E-state index is 0.0482. The molecule has 4 N–H and O–H groups in total. The van der Waals surface area contributed by atoms with Crippen molar-refractivity contribution in [2.24, 2.45) is 10.9 Å². The second-order valence-electron chi connectivity index (χ2n) is 4.90. The molecule has 5 nitrogen and oxygen atoms in total. The number of ether oxygens (including phenoxy) is 1. The zero-order valence-electron chi connectivity index (χ0n) is 10.5. The number of hydrogen-bond acceptors (Lipinski definition) is 4. The molecule has 18 heavy (non-hydrogen) atoms. The van der Waals surface area contributed by atoms with Gasteiger partial charge in [0.05, 0.1) is 6.61 Å². The van der Waals surface area contributed by atoms with Gasteiger partial charge in [-0.1, -0.05) is 23.4 Å². The Labute approximate surface area is 107 Å². The van der Waals surface area contributed by atoms with E-state index < -0.39 is 0 Å². The highest BCUT2D eigenvalue weighted by Crippen LogP contribution is 2.18. The first-order valence-electron chi connectivity index (χ1n) is 6.03. The number of nitrogens with zero attached hydrogens (tertiary/aromatic N) is 1. The normalized spacial score (nSPS) is 24.4. The fraction of sp³-hybridized carbons (Fsp3) is 0.462. The van der Waals surface area contributed by atoms with E-state index in [9.17, 15) is 0 Å². The van der Waals surface area contributed by atoms with Crippen LogP contribution in [0.5, 0.6) is 0 Å². The molecule has 1 atom stereocenters. The minimum Gasteiger partial charge on any atom is -0.409 e. The molecule has 0 bridgehead atoms. The summed E-state index contributed by atoms with van der Waals surface area (Å²) >= 11 is 0. The van der Waals surface area contributed by atoms with Gasteiger partial charge in [0.1, 0.15) is 0 Å². The van der Waals surface area contributed by atoms with Gasteiger partial charge in [-0.2, -0.15) is 0 Å². The molecule has 0 radical (unpaired) electrons. The van der Waals surface area contributed by atoms with Crippen molar-refractivity contribution in [3.8, 4) is 0 Å². The quantitative estimate of drug-likeness (QED) is 0.322. The minimum atomic E-state index is 0.0482. The molecule has 2 rings (SSSR count). The molecule has 1 heterocycles. The molecule has 1 aliphatic heterocycles. The molecule has 0 saturated carbocycles. The van der Waals surface area contributed by atoms with E-state index in [0.29, 0.717) is 0 Å². The third-order valence-corrected chi connectivity index (χ3v) is 3.27. The average Bonchev–Trinajstić information content (AvgIpc) is 2.83. The van der Waals surface area contributed by atoms with Crippen LogP contribution in [0, 0.1) is 0 Å². The number of hydrogen-bond donors (Lipinski definition) is 3. The van der Waals surface area contributed by atoms with Crippen molar-refractivity contribution < 1.29 is 9.94 Å². The Morgan fingerprint density at radius 2 is 2.44 bits per heavy atom. The second-order valence-corrected chi connectivity index (χ2v) is 4.90. The van der Waals surface area contributed by atoms with E-state index in [2.05, 4.69) is 17.4 Å². The van der Waals surface area contributed by atoms with E-state index in [-0.39, 0.29) is 11.4 Å². The van der Waals surface area contributed by atoms with E-state index in [4.69, 9.17) is 15.7 Å². The summed E-state index contributed by atoms with van der Waals surface area (Å²) in [7, 11) is 0. The third-order valence-electron chi connectivity index (χ3n) is 3.27. The zero-order chi connectivity index (χ0) is 13.0. The van der Waals surface area contributed by atoms with Gasteiger partial charge >= 0.3 is 0 Å². The maximum absolute atomic E-state index is 8.65. The highest BCUT2D eigenvalue weighted by atomic mass is 16.5. The predicted molar refractivity (Wildman–Crippen MR) is 69.6 cm³/mol. The van der Waals surface area contributed by atoms with Crippen LogP contribution in [0.2, 0.25) is 0 Å². The van der Waals surface area contributed by atoms with Crippen LogP contribution < -0.4 is 11.1 Å². The van der Waals surface area contributed by atoms with Crippen LogP contribution in [0.4, 0.5) is 0 Å². The Morgan fingerprint density at radius 3 is 3.11 bits per heavy atom. The number of benzene rings is 1. The van der Waals surface area contributed by atoms with E-state index in [1.54, 1.807) is 0 Å². The van der Waals surface area contributed by atoms with E-state index in [0.717, 1.165) is 37.3 Å². The number of nitrogens with one attached hydrogen (secondary N) is 1. The molecule has 1 fully saturated rings. The van der Waals surface area contributed by atoms with Crippen LogP contribution in [0.3, 0.4) is 0 Å². The fourth-order valence-electron chi connectivity index (χ4n) is 2.02. The van der Waals surface area contributed by atoms with Gasteiger partial charge in [-0.05, 0) is 25.0 Å². The van der Waals surface area contributed by atoms with Crippen molar-refractivity contribution in [3.63, 3.8) is 0 Å². The number of oxime groups is 1. The largest absolute Gasteiger partial charge is 0.409 e. The second kappa shape index (κ2) is 5.37. The Hall–Kier alpha value is -1.59. The summed E-state index contributed by atoms with van der Waals surface area (Å²) in [5, 5.41) is 15.1. The Morgan fingerprint density at radius 1 is 1.61 bits per heavy atom. The van der Waals surface area contributed by atoms with Gasteiger partial charge in [0.25, 0.3) is 0 Å². The molecule has 5 heteroatoms. The van der Waals surface area contributed by atoms with Crippen molar-refractivity contribution in [2.45, 2.75) is 25.4 Å². The fourth-order valence-corrected chi connectivity index (χ4v) is 2.02. The third kappa shape index (κ3) is 3.00. The predicted octanol–water partition coefficient (Wildman–Crippen LogP) is 1.05. The molecule has 0 aromatic heterocycles. The summed E-state index contributed by atoms with van der Waals surface area (Å²) in [6.45, 7) is 4.46. The highest BCUT2D eigenvalue weighted by Gasteiger charge is 2.28. The Balaban J connectivity index is 2.01. The van der Waals surface area contributed by atoms with Crippen molar-refractivity contribution in [3.05, 3.63) is 35.4 Å². The molecule has 1 unspecified atom stereocenters. The van der Waals surface area contributed by atoms with Crippen LogP contribution in [-0.2, 0) is 11.3 Å². The maximum atomic E-state index is 8.65. The van der Waals surface area contributed by atoms with E-state index in [1.807, 2.05) is 24.3 Å². The molecule has 1 aromatic rings. The molecule has 0 spiro atoms. The Bertz CT molecular complexity index is 440. The van der Waals surface area contributed by atoms with Crippen molar-refractivity contribution in [2.75, 3.05) is 13.2 Å². The molecule has 98 valence electrons. The summed E-state index contributed by atoms with van der Waals surface area (Å²) in [6, 6.07) is 7.65. The first-order chi connectivity index (χ1) is 8.63. The molecular weight excluding hydrogens is 230 g/mol. The monoisotopic (exact) mass is 249 g/mol. The summed E-state index contributed by atoms with van der Waals surface area (Å²) in [6.07, 6.45) is 1.02. The molecular formula is C13H19N3O2. The van der Waals surface area contributed by atoms with Crippen molar-refractivity contribution in [1.82, 2.24) is 5.32 Å². The maximum Gasteiger partial charge on any atom is 0.170 e. The topological polar surface area (TPSA) is 79.9 Å². The van der Waals surface area contributed by atoms with Gasteiger partial charge in [0, 0.05) is 24.3 Å². The first-order valence-corrected chi connectivity index (χ1v) is 6.03. The lowest BCUT2D eigenvalue weighted by molar-refractivity contribution is 0.171. The highest BCUT2D eigenvalue weighted by molar-refractivity contribution is 5.97. The average molecular weight is 249 g/mol. The van der Waals surface area contributed by atoms with Gasteiger partial charge in [0.15, 0.2) is 5.84 Å². The molecule has 0 aliphatic carbocycles. The summed E-state index contributed by atoms with van der Waals surface area (Å²) in [5.74, 6) is 0.132. The summed E-state index contributed by atoms with van der Waals surface area (Å²) in [5.41, 5.74) is 7.45. The number of amidine groups is 1. The van der Waals surface area contributed by atoms with Crippen molar-refractivity contribution >= 4 is 5.84 Å². The number of rotatable bonds is 4. The van der Waals surface area contributed by atoms with Gasteiger partial charge in [0.2, 0.25) is 0 Å². The van der Waals surface area contributed by atoms with Gasteiger partial charge in [-0.25, -0.2) is 0 Å². The van der Waals surface area contributed by atoms with Crippen molar-refractivity contribution in [1.29, 1.82) is 0 Å². The zero-order valence-corrected chi connectivity index (χ0v) is 10.5. The summed E-state index contributed by atoms with van der Waals surface area (Å²) < 4.78 is 5.39.